The summed E-state index contributed by atoms with van der Waals surface area (Å²) >= 11 is 0. The lowest BCUT2D eigenvalue weighted by molar-refractivity contribution is 0.404. The van der Waals surface area contributed by atoms with E-state index < -0.39 is 28.6 Å². The number of aryl methyl sites for hydroxylation is 1. The number of unbranched alkanes of at least 4 members (excludes halogenated alkanes) is 2. The van der Waals surface area contributed by atoms with E-state index >= 15 is 0 Å². The maximum absolute atomic E-state index is 12.4. The van der Waals surface area contributed by atoms with Gasteiger partial charge in [-0.3, -0.25) is 18.3 Å². The summed E-state index contributed by atoms with van der Waals surface area (Å²) in [6.45, 7) is 2.26. The van der Waals surface area contributed by atoms with Crippen molar-refractivity contribution in [3.05, 3.63) is 40.7 Å². The van der Waals surface area contributed by atoms with Crippen LogP contribution in [0.15, 0.2) is 33.6 Å². The van der Waals surface area contributed by atoms with Gasteiger partial charge in [0.15, 0.2) is 0 Å². The molecule has 2 atom stereocenters. The topological polar surface area (TPSA) is 118 Å². The van der Waals surface area contributed by atoms with Gasteiger partial charge in [0.05, 0.1) is 11.5 Å². The summed E-state index contributed by atoms with van der Waals surface area (Å²) in [6.07, 6.45) is 14.5. The van der Waals surface area contributed by atoms with Crippen LogP contribution < -0.4 is 5.69 Å². The monoisotopic (exact) mass is 460 g/mol. The molecule has 0 saturated carbocycles. The summed E-state index contributed by atoms with van der Waals surface area (Å²) in [5, 5.41) is 0.713. The van der Waals surface area contributed by atoms with Crippen LogP contribution in [0.4, 0.5) is 0 Å². The molecule has 0 fully saturated rings. The number of fused-ring (bicyclic) bond motifs is 1. The molecule has 29 heavy (non-hydrogen) atoms. The molecule has 2 rings (SSSR count). The highest BCUT2D eigenvalue weighted by Gasteiger charge is 2.25. The Hall–Kier alpha value is -1.75. The van der Waals surface area contributed by atoms with Crippen LogP contribution in [0.5, 0.6) is 0 Å². The van der Waals surface area contributed by atoms with Crippen molar-refractivity contribution < 1.29 is 26.7 Å². The van der Waals surface area contributed by atoms with Crippen molar-refractivity contribution in [2.24, 2.45) is 0 Å². The highest BCUT2D eigenvalue weighted by atomic mass is 31.2. The summed E-state index contributed by atoms with van der Waals surface area (Å²) < 4.78 is 50.9. The number of rotatable bonds is 12. The number of aromatic nitrogens is 2. The largest absolute Gasteiger partial charge is 0.443 e. The van der Waals surface area contributed by atoms with Gasteiger partial charge in [0.25, 0.3) is 0 Å². The van der Waals surface area contributed by atoms with Crippen molar-refractivity contribution in [1.29, 1.82) is 0 Å². The van der Waals surface area contributed by atoms with Crippen LogP contribution in [-0.2, 0) is 35.3 Å². The molecule has 2 aromatic heterocycles. The Kier molecular flexibility index (Phi) is 8.81. The van der Waals surface area contributed by atoms with E-state index in [9.17, 15) is 18.5 Å². The van der Waals surface area contributed by atoms with E-state index in [1.807, 2.05) is 6.07 Å². The first kappa shape index (κ1) is 23.5. The van der Waals surface area contributed by atoms with Gasteiger partial charge in [0.1, 0.15) is 5.76 Å². The molecular formula is C17H23N2O7P3. The van der Waals surface area contributed by atoms with E-state index in [4.69, 9.17) is 4.42 Å². The lowest BCUT2D eigenvalue weighted by Gasteiger charge is -2.09. The summed E-state index contributed by atoms with van der Waals surface area (Å²) in [5.41, 5.74) is -0.194. The van der Waals surface area contributed by atoms with E-state index in [2.05, 4.69) is 33.1 Å². The molecule has 0 aliphatic carbocycles. The molecule has 0 aliphatic heterocycles. The van der Waals surface area contributed by atoms with Crippen molar-refractivity contribution in [2.45, 2.75) is 39.2 Å². The van der Waals surface area contributed by atoms with Crippen LogP contribution in [-0.4, -0.2) is 28.3 Å². The smallest absolute Gasteiger partial charge is 0.354 e. The zero-order chi connectivity index (χ0) is 21.4. The predicted octanol–water partition coefficient (Wildman–Crippen LogP) is 4.85. The standard InChI is InChI=1S/C17H23N2O7P3/c1-4-5-6-9-15-12-14-13-19(17(20)18-16(14)24-15)10-7-8-11-29(23,25-27(2)21)26-28(3)22/h7-8,12-13H,2-6,9-11H2,1H3/b8-7+. The van der Waals surface area contributed by atoms with E-state index in [1.54, 1.807) is 12.3 Å². The Morgan fingerprint density at radius 2 is 1.93 bits per heavy atom. The highest BCUT2D eigenvalue weighted by molar-refractivity contribution is 7.66. The average Bonchev–Trinajstić information content (AvgIpc) is 2.98. The zero-order valence-corrected chi connectivity index (χ0v) is 18.7. The zero-order valence-electron chi connectivity index (χ0n) is 16.1. The van der Waals surface area contributed by atoms with E-state index in [0.717, 1.165) is 31.4 Å². The molecule has 0 saturated heterocycles. The van der Waals surface area contributed by atoms with Crippen LogP contribution in [0.25, 0.3) is 11.1 Å². The van der Waals surface area contributed by atoms with Gasteiger partial charge in [-0.25, -0.2) is 13.4 Å². The van der Waals surface area contributed by atoms with Crippen LogP contribution in [0, 0.1) is 0 Å². The van der Waals surface area contributed by atoms with Crippen molar-refractivity contribution in [1.82, 2.24) is 9.55 Å². The predicted molar refractivity (Wildman–Crippen MR) is 115 cm³/mol. The van der Waals surface area contributed by atoms with Gasteiger partial charge in [-0.1, -0.05) is 31.9 Å². The number of hydrogen-bond acceptors (Lipinski definition) is 8. The van der Waals surface area contributed by atoms with Crippen LogP contribution in [0.2, 0.25) is 0 Å². The fraction of sp³-hybridized carbons (Fsp3) is 0.412. The van der Waals surface area contributed by atoms with E-state index in [-0.39, 0.29) is 12.7 Å². The lowest BCUT2D eigenvalue weighted by atomic mass is 10.2. The van der Waals surface area contributed by atoms with Crippen molar-refractivity contribution in [3.8, 4) is 0 Å². The molecule has 2 heterocycles. The third-order valence-corrected chi connectivity index (χ3v) is 7.89. The van der Waals surface area contributed by atoms with Crippen molar-refractivity contribution in [3.63, 3.8) is 0 Å². The van der Waals surface area contributed by atoms with E-state index in [0.29, 0.717) is 11.1 Å². The van der Waals surface area contributed by atoms with Gasteiger partial charge in [-0.15, -0.1) is 0 Å². The molecule has 0 amide bonds. The number of nitrogens with zero attached hydrogens (tertiary/aromatic N) is 2. The summed E-state index contributed by atoms with van der Waals surface area (Å²) in [5.74, 6) is 0.786. The molecule has 0 N–H and O–H groups in total. The molecular weight excluding hydrogens is 437 g/mol. The maximum atomic E-state index is 12.4. The van der Waals surface area contributed by atoms with Gasteiger partial charge < -0.3 is 4.42 Å². The van der Waals surface area contributed by atoms with Crippen LogP contribution in [0.3, 0.4) is 0 Å². The Labute approximate surface area is 169 Å². The normalized spacial score (nSPS) is 14.9. The molecule has 0 aromatic carbocycles. The molecule has 2 unspecified atom stereocenters. The van der Waals surface area contributed by atoms with Gasteiger partial charge in [-0.05, 0) is 25.1 Å². The fourth-order valence-corrected chi connectivity index (χ4v) is 6.10. The minimum atomic E-state index is -3.91. The number of furan rings is 1. The second-order valence-electron chi connectivity index (χ2n) is 6.20. The molecule has 2 aromatic rings. The minimum Gasteiger partial charge on any atom is -0.443 e. The molecule has 0 radical (unpaired) electrons. The van der Waals surface area contributed by atoms with Gasteiger partial charge in [0, 0.05) is 19.2 Å². The second-order valence-corrected chi connectivity index (χ2v) is 10.4. The summed E-state index contributed by atoms with van der Waals surface area (Å²) in [4.78, 5) is 16.1. The SMILES string of the molecule is C=P(=O)OP(=O)(C/C=C/Cn1cc2cc(CCCCC)oc2nc1=O)OP(=C)=O. The van der Waals surface area contributed by atoms with Crippen LogP contribution >= 0.6 is 22.9 Å². The van der Waals surface area contributed by atoms with Gasteiger partial charge >= 0.3 is 13.3 Å². The number of allylic oxidation sites excluding steroid dienone is 2. The second kappa shape index (κ2) is 10.9. The Morgan fingerprint density at radius 3 is 2.55 bits per heavy atom. The van der Waals surface area contributed by atoms with Crippen molar-refractivity contribution >= 4 is 46.6 Å². The van der Waals surface area contributed by atoms with Gasteiger partial charge in [-0.2, -0.15) is 4.98 Å². The average molecular weight is 460 g/mol. The molecule has 9 nitrogen and oxygen atoms in total. The first-order chi connectivity index (χ1) is 13.7. The Bertz CT molecular complexity index is 1080. The highest BCUT2D eigenvalue weighted by Crippen LogP contribution is 2.56. The quantitative estimate of drug-likeness (QED) is 0.251. The molecule has 12 heteroatoms. The maximum Gasteiger partial charge on any atom is 0.354 e. The Balaban J connectivity index is 2.09. The lowest BCUT2D eigenvalue weighted by Crippen LogP contribution is -2.21. The Morgan fingerprint density at radius 1 is 1.24 bits per heavy atom. The first-order valence-electron chi connectivity index (χ1n) is 8.91. The third kappa shape index (κ3) is 7.54. The fourth-order valence-electron chi connectivity index (χ4n) is 2.56. The minimum absolute atomic E-state index is 0.144. The molecule has 0 bridgehead atoms. The molecule has 0 aliphatic rings. The molecule has 0 spiro atoms. The van der Waals surface area contributed by atoms with Gasteiger partial charge in [0.2, 0.25) is 21.0 Å². The summed E-state index contributed by atoms with van der Waals surface area (Å²) in [7, 11) is -8.84. The summed E-state index contributed by atoms with van der Waals surface area (Å²) in [6, 6.07) is 1.86. The van der Waals surface area contributed by atoms with Crippen LogP contribution in [0.1, 0.15) is 31.9 Å². The third-order valence-electron chi connectivity index (χ3n) is 3.78. The molecule has 158 valence electrons. The van der Waals surface area contributed by atoms with E-state index in [1.165, 1.54) is 10.6 Å². The number of hydrogen-bond donors (Lipinski definition) is 0. The first-order valence-corrected chi connectivity index (χ1v) is 13.4. The van der Waals surface area contributed by atoms with Crippen molar-refractivity contribution in [2.75, 3.05) is 6.16 Å².